The summed E-state index contributed by atoms with van der Waals surface area (Å²) in [7, 11) is 0. The van der Waals surface area contributed by atoms with Gasteiger partial charge in [0.15, 0.2) is 5.78 Å². The summed E-state index contributed by atoms with van der Waals surface area (Å²) < 4.78 is 0. The predicted octanol–water partition coefficient (Wildman–Crippen LogP) is 4.51. The topological polar surface area (TPSA) is 33.2 Å². The van der Waals surface area contributed by atoms with Gasteiger partial charge in [-0.15, -0.1) is 11.3 Å². The quantitative estimate of drug-likeness (QED) is 0.762. The molecule has 1 aliphatic heterocycles. The fourth-order valence-corrected chi connectivity index (χ4v) is 4.30. The second-order valence-corrected chi connectivity index (χ2v) is 8.00. The summed E-state index contributed by atoms with van der Waals surface area (Å²) >= 11 is 7.74. The number of ketones is 1. The Morgan fingerprint density at radius 3 is 2.96 bits per heavy atom. The molecule has 1 unspecified atom stereocenters. The van der Waals surface area contributed by atoms with Gasteiger partial charge < -0.3 is 0 Å². The van der Waals surface area contributed by atoms with Crippen molar-refractivity contribution in [2.75, 3.05) is 13.1 Å². The normalized spacial score (nSPS) is 19.0. The molecule has 2 heterocycles. The van der Waals surface area contributed by atoms with Crippen LogP contribution in [0.15, 0.2) is 24.4 Å². The van der Waals surface area contributed by atoms with Gasteiger partial charge in [-0.05, 0) is 57.0 Å². The Bertz CT molecular complexity index is 713. The number of hydrogen-bond donors (Lipinski definition) is 0. The monoisotopic (exact) mass is 348 g/mol. The zero-order valence-corrected chi connectivity index (χ0v) is 15.1. The van der Waals surface area contributed by atoms with Crippen molar-refractivity contribution in [3.63, 3.8) is 0 Å². The van der Waals surface area contributed by atoms with E-state index in [-0.39, 0.29) is 11.7 Å². The first kappa shape index (κ1) is 16.6. The molecule has 0 amide bonds. The minimum absolute atomic E-state index is 0.0812. The highest BCUT2D eigenvalue weighted by atomic mass is 35.5. The van der Waals surface area contributed by atoms with Gasteiger partial charge in [0.2, 0.25) is 0 Å². The number of benzene rings is 1. The molecule has 0 saturated carbocycles. The number of carbonyl (C=O) groups excluding carboxylic acids is 1. The number of piperidine rings is 1. The summed E-state index contributed by atoms with van der Waals surface area (Å²) in [6.07, 6.45) is 3.99. The number of thiazole rings is 1. The van der Waals surface area contributed by atoms with Gasteiger partial charge in [-0.2, -0.15) is 0 Å². The smallest absolute Gasteiger partial charge is 0.167 e. The molecule has 1 fully saturated rings. The molecule has 3 rings (SSSR count). The van der Waals surface area contributed by atoms with E-state index in [1.54, 1.807) is 11.3 Å². The lowest BCUT2D eigenvalue weighted by molar-refractivity contribution is 0.0812. The molecule has 0 aliphatic carbocycles. The fraction of sp³-hybridized carbons (Fsp3) is 0.444. The van der Waals surface area contributed by atoms with Crippen LogP contribution in [-0.2, 0) is 6.54 Å². The molecular weight excluding hydrogens is 328 g/mol. The van der Waals surface area contributed by atoms with Crippen LogP contribution in [-0.4, -0.2) is 28.8 Å². The van der Waals surface area contributed by atoms with Crippen molar-refractivity contribution < 1.29 is 4.79 Å². The standard InChI is InChI=1S/C18H21ClN2OS/c1-12-8-15(19)5-6-17(12)18(22)14-4-3-7-21(10-14)11-16-9-20-13(2)23-16/h5-6,8-9,14H,3-4,7,10-11H2,1-2H3. The number of rotatable bonds is 4. The third-order valence-corrected chi connectivity index (χ3v) is 5.51. The molecule has 23 heavy (non-hydrogen) atoms. The molecule has 0 spiro atoms. The number of likely N-dealkylation sites (tertiary alicyclic amines) is 1. The zero-order chi connectivity index (χ0) is 16.4. The lowest BCUT2D eigenvalue weighted by atomic mass is 9.88. The van der Waals surface area contributed by atoms with Crippen LogP contribution >= 0.6 is 22.9 Å². The van der Waals surface area contributed by atoms with Crippen LogP contribution in [0.1, 0.15) is 38.6 Å². The Morgan fingerprint density at radius 1 is 1.43 bits per heavy atom. The number of hydrogen-bond acceptors (Lipinski definition) is 4. The predicted molar refractivity (Wildman–Crippen MR) is 95.4 cm³/mol. The van der Waals surface area contributed by atoms with Crippen LogP contribution in [0.5, 0.6) is 0 Å². The molecule has 1 aromatic carbocycles. The molecule has 0 bridgehead atoms. The lowest BCUT2D eigenvalue weighted by Gasteiger charge is -2.31. The molecule has 1 saturated heterocycles. The molecular formula is C18H21ClN2OS. The van der Waals surface area contributed by atoms with Gasteiger partial charge in [-0.25, -0.2) is 4.98 Å². The van der Waals surface area contributed by atoms with Crippen LogP contribution in [0.4, 0.5) is 0 Å². The molecule has 1 aromatic heterocycles. The second kappa shape index (κ2) is 7.12. The lowest BCUT2D eigenvalue weighted by Crippen LogP contribution is -2.38. The molecule has 2 aromatic rings. The molecule has 0 radical (unpaired) electrons. The van der Waals surface area contributed by atoms with E-state index in [4.69, 9.17) is 11.6 Å². The van der Waals surface area contributed by atoms with Crippen LogP contribution in [0.2, 0.25) is 5.02 Å². The minimum Gasteiger partial charge on any atom is -0.297 e. The SMILES string of the molecule is Cc1ncc(CN2CCCC(C(=O)c3ccc(Cl)cc3C)C2)s1. The average molecular weight is 349 g/mol. The Hall–Kier alpha value is -1.23. The summed E-state index contributed by atoms with van der Waals surface area (Å²) in [4.78, 5) is 20.8. The molecule has 1 aliphatic rings. The van der Waals surface area contributed by atoms with Crippen molar-refractivity contribution in [2.24, 2.45) is 5.92 Å². The highest BCUT2D eigenvalue weighted by Crippen LogP contribution is 2.26. The largest absolute Gasteiger partial charge is 0.297 e. The van der Waals surface area contributed by atoms with E-state index < -0.39 is 0 Å². The molecule has 5 heteroatoms. The average Bonchev–Trinajstić information content (AvgIpc) is 2.92. The Balaban J connectivity index is 1.69. The third-order valence-electron chi connectivity index (χ3n) is 4.38. The van der Waals surface area contributed by atoms with E-state index >= 15 is 0 Å². The van der Waals surface area contributed by atoms with E-state index in [0.717, 1.165) is 48.6 Å². The maximum absolute atomic E-state index is 12.9. The summed E-state index contributed by atoms with van der Waals surface area (Å²) in [6.45, 7) is 6.77. The first-order chi connectivity index (χ1) is 11.0. The van der Waals surface area contributed by atoms with Gasteiger partial charge in [0, 0.05) is 40.7 Å². The minimum atomic E-state index is 0.0812. The Labute approximate surface area is 146 Å². The number of aryl methyl sites for hydroxylation is 2. The first-order valence-electron chi connectivity index (χ1n) is 7.97. The van der Waals surface area contributed by atoms with E-state index in [1.165, 1.54) is 4.88 Å². The maximum Gasteiger partial charge on any atom is 0.167 e. The number of nitrogens with zero attached hydrogens (tertiary/aromatic N) is 2. The van der Waals surface area contributed by atoms with Crippen molar-refractivity contribution in [1.29, 1.82) is 0 Å². The van der Waals surface area contributed by atoms with Gasteiger partial charge in [-0.3, -0.25) is 9.69 Å². The second-order valence-electron chi connectivity index (χ2n) is 6.24. The van der Waals surface area contributed by atoms with Crippen molar-refractivity contribution in [3.8, 4) is 0 Å². The van der Waals surface area contributed by atoms with Crippen molar-refractivity contribution in [1.82, 2.24) is 9.88 Å². The van der Waals surface area contributed by atoms with E-state index in [9.17, 15) is 4.79 Å². The third kappa shape index (κ3) is 4.00. The highest BCUT2D eigenvalue weighted by molar-refractivity contribution is 7.11. The first-order valence-corrected chi connectivity index (χ1v) is 9.16. The van der Waals surface area contributed by atoms with Crippen LogP contribution in [0.3, 0.4) is 0 Å². The van der Waals surface area contributed by atoms with E-state index in [1.807, 2.05) is 38.2 Å². The molecule has 3 nitrogen and oxygen atoms in total. The van der Waals surface area contributed by atoms with Crippen LogP contribution in [0.25, 0.3) is 0 Å². The van der Waals surface area contributed by atoms with Crippen molar-refractivity contribution >= 4 is 28.7 Å². The van der Waals surface area contributed by atoms with Crippen LogP contribution < -0.4 is 0 Å². The number of Topliss-reactive ketones (excluding diaryl/α,β-unsaturated/α-hetero) is 1. The van der Waals surface area contributed by atoms with Gasteiger partial charge in [0.05, 0.1) is 5.01 Å². The fourth-order valence-electron chi connectivity index (χ4n) is 3.24. The number of halogens is 1. The maximum atomic E-state index is 12.9. The Morgan fingerprint density at radius 2 is 2.26 bits per heavy atom. The Kier molecular flexibility index (Phi) is 5.14. The highest BCUT2D eigenvalue weighted by Gasteiger charge is 2.27. The summed E-state index contributed by atoms with van der Waals surface area (Å²) in [5, 5.41) is 1.78. The van der Waals surface area contributed by atoms with Crippen LogP contribution in [0, 0.1) is 19.8 Å². The molecule has 0 N–H and O–H groups in total. The van der Waals surface area contributed by atoms with Gasteiger partial charge in [0.1, 0.15) is 0 Å². The van der Waals surface area contributed by atoms with Crippen molar-refractivity contribution in [3.05, 3.63) is 50.4 Å². The van der Waals surface area contributed by atoms with Crippen molar-refractivity contribution in [2.45, 2.75) is 33.2 Å². The number of aromatic nitrogens is 1. The number of carbonyl (C=O) groups is 1. The van der Waals surface area contributed by atoms with E-state index in [0.29, 0.717) is 5.02 Å². The molecule has 122 valence electrons. The zero-order valence-electron chi connectivity index (χ0n) is 13.5. The van der Waals surface area contributed by atoms with Gasteiger partial charge in [0.25, 0.3) is 0 Å². The summed E-state index contributed by atoms with van der Waals surface area (Å²) in [5.74, 6) is 0.335. The van der Waals surface area contributed by atoms with Gasteiger partial charge in [-0.1, -0.05) is 11.6 Å². The summed E-state index contributed by atoms with van der Waals surface area (Å²) in [5.41, 5.74) is 1.78. The van der Waals surface area contributed by atoms with E-state index in [2.05, 4.69) is 9.88 Å². The molecule has 1 atom stereocenters. The summed E-state index contributed by atoms with van der Waals surface area (Å²) in [6, 6.07) is 5.55. The van der Waals surface area contributed by atoms with Gasteiger partial charge >= 0.3 is 0 Å².